The van der Waals surface area contributed by atoms with Crippen LogP contribution in [0, 0.1) is 17.8 Å². The van der Waals surface area contributed by atoms with Gasteiger partial charge in [0.2, 0.25) is 5.60 Å². The fourth-order valence-corrected chi connectivity index (χ4v) is 5.01. The van der Waals surface area contributed by atoms with Crippen LogP contribution >= 0.6 is 0 Å². The molecule has 13 nitrogen and oxygen atoms in total. The fraction of sp³-hybridized carbons (Fsp3) is 0.833. The van der Waals surface area contributed by atoms with Crippen molar-refractivity contribution < 1.29 is 63.0 Å². The van der Waals surface area contributed by atoms with Crippen LogP contribution in [0.1, 0.15) is 144 Å². The lowest BCUT2D eigenvalue weighted by Gasteiger charge is -2.31. The van der Waals surface area contributed by atoms with Gasteiger partial charge in [-0.15, -0.1) is 0 Å². The van der Waals surface area contributed by atoms with Gasteiger partial charge in [0.15, 0.2) is 5.60 Å². The molecule has 0 aliphatic heterocycles. The molecule has 0 bridgehead atoms. The Kier molecular flexibility index (Phi) is 23.2. The predicted molar refractivity (Wildman–Crippen MR) is 180 cm³/mol. The van der Waals surface area contributed by atoms with Gasteiger partial charge >= 0.3 is 35.8 Å². The first-order valence-corrected chi connectivity index (χ1v) is 17.8. The summed E-state index contributed by atoms with van der Waals surface area (Å²) < 4.78 is 21.5. The normalized spacial score (nSPS) is 12.9. The summed E-state index contributed by atoms with van der Waals surface area (Å²) in [6, 6.07) is 0. The van der Waals surface area contributed by atoms with Gasteiger partial charge in [-0.2, -0.15) is 0 Å². The fourth-order valence-electron chi connectivity index (χ4n) is 5.01. The molecule has 0 saturated carbocycles. The number of carboxylic acids is 2. The zero-order chi connectivity index (χ0) is 37.5. The molecule has 0 aromatic heterocycles. The van der Waals surface area contributed by atoms with Crippen molar-refractivity contribution in [3.8, 4) is 0 Å². The maximum atomic E-state index is 13.7. The largest absolute Gasteiger partial charge is 0.481 e. The highest BCUT2D eigenvalue weighted by atomic mass is 16.6. The van der Waals surface area contributed by atoms with Crippen LogP contribution < -0.4 is 0 Å². The van der Waals surface area contributed by atoms with Crippen molar-refractivity contribution in [1.29, 1.82) is 0 Å². The van der Waals surface area contributed by atoms with E-state index in [2.05, 4.69) is 41.5 Å². The highest BCUT2D eigenvalue weighted by molar-refractivity contribution is 5.94. The van der Waals surface area contributed by atoms with Gasteiger partial charge < -0.3 is 34.3 Å². The number of carbonyl (C=O) groups is 6. The lowest BCUT2D eigenvalue weighted by atomic mass is 9.93. The summed E-state index contributed by atoms with van der Waals surface area (Å²) in [6.07, 6.45) is 4.82. The Hall–Kier alpha value is -3.22. The molecule has 0 heterocycles. The van der Waals surface area contributed by atoms with Crippen LogP contribution in [0.25, 0.3) is 0 Å². The number of rotatable bonds is 29. The Morgan fingerprint density at radius 2 is 0.898 bits per heavy atom. The number of hydrogen-bond donors (Lipinski definition) is 3. The minimum atomic E-state index is -3.10. The minimum Gasteiger partial charge on any atom is -0.481 e. The molecule has 3 N–H and O–H groups in total. The van der Waals surface area contributed by atoms with E-state index in [9.17, 15) is 39.0 Å². The molecule has 1 atom stereocenters. The average Bonchev–Trinajstić information content (AvgIpc) is 2.97. The average molecular weight is 703 g/mol. The zero-order valence-corrected chi connectivity index (χ0v) is 30.6. The summed E-state index contributed by atoms with van der Waals surface area (Å²) in [5.74, 6) is -6.95. The van der Waals surface area contributed by atoms with Crippen molar-refractivity contribution in [1.82, 2.24) is 0 Å². The molecule has 0 fully saturated rings. The number of unbranched alkanes of at least 4 members (excludes halogenated alkanes) is 6. The van der Waals surface area contributed by atoms with Crippen molar-refractivity contribution in [3.05, 3.63) is 0 Å². The maximum Gasteiger partial charge on any atom is 0.351 e. The van der Waals surface area contributed by atoms with Gasteiger partial charge in [0, 0.05) is 0 Å². The van der Waals surface area contributed by atoms with Crippen molar-refractivity contribution in [2.75, 3.05) is 19.8 Å². The second kappa shape index (κ2) is 24.8. The van der Waals surface area contributed by atoms with Crippen molar-refractivity contribution >= 4 is 35.8 Å². The molecule has 0 aliphatic carbocycles. The van der Waals surface area contributed by atoms with Crippen molar-refractivity contribution in [3.63, 3.8) is 0 Å². The van der Waals surface area contributed by atoms with Gasteiger partial charge in [0.1, 0.15) is 0 Å². The first-order valence-electron chi connectivity index (χ1n) is 17.8. The molecule has 1 unspecified atom stereocenters. The number of aliphatic hydroxyl groups is 1. The Balaban J connectivity index is 6.12. The first kappa shape index (κ1) is 45.8. The third kappa shape index (κ3) is 22.2. The zero-order valence-electron chi connectivity index (χ0n) is 30.6. The molecule has 0 aliphatic rings. The van der Waals surface area contributed by atoms with Crippen LogP contribution in [0.4, 0.5) is 0 Å². The molecule has 284 valence electrons. The number of carboxylic acid groups (broad SMARTS) is 2. The molecule has 0 saturated heterocycles. The van der Waals surface area contributed by atoms with E-state index in [1.807, 2.05) is 0 Å². The molecule has 49 heavy (non-hydrogen) atoms. The second-order valence-electron chi connectivity index (χ2n) is 14.2. The second-order valence-corrected chi connectivity index (χ2v) is 14.2. The lowest BCUT2D eigenvalue weighted by Crippen LogP contribution is -2.50. The summed E-state index contributed by atoms with van der Waals surface area (Å²) in [5.41, 5.74) is -5.72. The Morgan fingerprint density at radius 3 is 1.24 bits per heavy atom. The maximum absolute atomic E-state index is 13.7. The Bertz CT molecular complexity index is 986. The van der Waals surface area contributed by atoms with E-state index < -0.39 is 72.7 Å². The summed E-state index contributed by atoms with van der Waals surface area (Å²) in [7, 11) is 0. The molecule has 0 amide bonds. The van der Waals surface area contributed by atoms with E-state index >= 15 is 0 Å². The van der Waals surface area contributed by atoms with E-state index in [1.54, 1.807) is 0 Å². The van der Waals surface area contributed by atoms with Crippen LogP contribution in [0.5, 0.6) is 0 Å². The number of hydrogen-bond acceptors (Lipinski definition) is 11. The van der Waals surface area contributed by atoms with Gasteiger partial charge in [-0.25, -0.2) is 9.59 Å². The van der Waals surface area contributed by atoms with Gasteiger partial charge in [-0.1, -0.05) is 99.3 Å². The van der Waals surface area contributed by atoms with Crippen LogP contribution in [0.15, 0.2) is 0 Å². The highest BCUT2D eigenvalue weighted by Gasteiger charge is 2.51. The van der Waals surface area contributed by atoms with E-state index in [0.29, 0.717) is 37.0 Å². The molecule has 13 heteroatoms. The molecule has 0 aromatic rings. The van der Waals surface area contributed by atoms with Crippen LogP contribution in [0.3, 0.4) is 0 Å². The van der Waals surface area contributed by atoms with Gasteiger partial charge in [-0.05, 0) is 37.0 Å². The highest BCUT2D eigenvalue weighted by Crippen LogP contribution is 2.28. The number of ether oxygens (including phenoxy) is 4. The van der Waals surface area contributed by atoms with Crippen LogP contribution in [0.2, 0.25) is 0 Å². The molecule has 0 spiro atoms. The number of esters is 4. The summed E-state index contributed by atoms with van der Waals surface area (Å²) in [6.45, 7) is 12.5. The quantitative estimate of drug-likeness (QED) is 0.0465. The smallest absolute Gasteiger partial charge is 0.351 e. The van der Waals surface area contributed by atoms with Crippen LogP contribution in [-0.4, -0.2) is 82.2 Å². The predicted octanol–water partition coefficient (Wildman–Crippen LogP) is 6.01. The molecule has 0 aromatic carbocycles. The Labute approximate surface area is 291 Å². The molecule has 0 radical (unpaired) electrons. The minimum absolute atomic E-state index is 0.00402. The van der Waals surface area contributed by atoms with Gasteiger partial charge in [-0.3, -0.25) is 19.2 Å². The van der Waals surface area contributed by atoms with Crippen molar-refractivity contribution in [2.45, 2.75) is 155 Å². The standard InChI is InChI=1S/C36H62O13/c1-26(2)16-10-7-13-19-46-30(39)24-36(34(44)48-21-15-9-12-18-28(5)6,25-31(40)47-20-14-8-11-17-27(3)4)49-32(41)23-35(45,33(42)43)22-29(37)38/h26-28,45H,7-25H2,1-6H3,(H,37,38)(H,42,43). The number of carbonyl (C=O) groups excluding carboxylic acids is 4. The summed E-state index contributed by atoms with van der Waals surface area (Å²) in [4.78, 5) is 75.9. The van der Waals surface area contributed by atoms with Crippen LogP contribution in [-0.2, 0) is 47.7 Å². The summed E-state index contributed by atoms with van der Waals surface area (Å²) >= 11 is 0. The lowest BCUT2D eigenvalue weighted by molar-refractivity contribution is -0.195. The SMILES string of the molecule is CC(C)CCCCCOC(=O)CC(CC(=O)OCCCCCC(C)C)(OC(=O)CC(O)(CC(=O)O)C(=O)O)C(=O)OCCCCCC(C)C. The molecular formula is C36H62O13. The monoisotopic (exact) mass is 702 g/mol. The van der Waals surface area contributed by atoms with E-state index in [1.165, 1.54) is 0 Å². The Morgan fingerprint density at radius 1 is 0.510 bits per heavy atom. The third-order valence-corrected chi connectivity index (χ3v) is 7.86. The topological polar surface area (TPSA) is 200 Å². The number of aliphatic carboxylic acids is 2. The van der Waals surface area contributed by atoms with E-state index in [-0.39, 0.29) is 19.8 Å². The summed E-state index contributed by atoms with van der Waals surface area (Å²) in [5, 5.41) is 29.0. The van der Waals surface area contributed by atoms with E-state index in [0.717, 1.165) is 57.8 Å². The molecule has 0 rings (SSSR count). The first-order chi connectivity index (χ1) is 22.9. The third-order valence-electron chi connectivity index (χ3n) is 7.86. The van der Waals surface area contributed by atoms with E-state index in [4.69, 9.17) is 24.1 Å². The van der Waals surface area contributed by atoms with Gasteiger partial charge in [0.25, 0.3) is 0 Å². The van der Waals surface area contributed by atoms with Crippen molar-refractivity contribution in [2.24, 2.45) is 17.8 Å². The van der Waals surface area contributed by atoms with Gasteiger partial charge in [0.05, 0.1) is 45.5 Å². The molecular weight excluding hydrogens is 640 g/mol.